The third-order valence-electron chi connectivity index (χ3n) is 4.69. The highest BCUT2D eigenvalue weighted by Crippen LogP contribution is 2.16. The maximum absolute atomic E-state index is 12.4. The van der Waals surface area contributed by atoms with Gasteiger partial charge in [0.2, 0.25) is 0 Å². The first-order valence-corrected chi connectivity index (χ1v) is 9.08. The van der Waals surface area contributed by atoms with Gasteiger partial charge >= 0.3 is 0 Å². The minimum atomic E-state index is -0.0804. The molecule has 1 heterocycles. The molecular formula is C23H21N3O. The molecule has 0 aliphatic heterocycles. The second kappa shape index (κ2) is 7.46. The first kappa shape index (κ1) is 17.0. The number of aromatic nitrogens is 2. The molecule has 4 rings (SSSR count). The smallest absolute Gasteiger partial charge is 0.255 e. The number of hydrogen-bond acceptors (Lipinski definition) is 2. The van der Waals surface area contributed by atoms with E-state index in [1.807, 2.05) is 67.6 Å². The molecule has 3 aromatic carbocycles. The first-order valence-electron chi connectivity index (χ1n) is 9.08. The second-order valence-electron chi connectivity index (χ2n) is 6.67. The third-order valence-corrected chi connectivity index (χ3v) is 4.69. The van der Waals surface area contributed by atoms with Crippen molar-refractivity contribution in [3.63, 3.8) is 0 Å². The molecule has 1 aromatic heterocycles. The molecule has 0 radical (unpaired) electrons. The van der Waals surface area contributed by atoms with Crippen molar-refractivity contribution >= 4 is 22.6 Å². The lowest BCUT2D eigenvalue weighted by molar-refractivity contribution is 0.102. The van der Waals surface area contributed by atoms with E-state index in [-0.39, 0.29) is 5.91 Å². The van der Waals surface area contributed by atoms with Crippen molar-refractivity contribution in [2.45, 2.75) is 19.8 Å². The van der Waals surface area contributed by atoms with E-state index in [4.69, 9.17) is 0 Å². The summed E-state index contributed by atoms with van der Waals surface area (Å²) in [5.74, 6) is 0.913. The summed E-state index contributed by atoms with van der Waals surface area (Å²) in [6.07, 6.45) is 1.75. The quantitative estimate of drug-likeness (QED) is 0.534. The van der Waals surface area contributed by atoms with E-state index in [9.17, 15) is 4.79 Å². The minimum Gasteiger partial charge on any atom is -0.342 e. The van der Waals surface area contributed by atoms with Crippen molar-refractivity contribution in [1.82, 2.24) is 9.97 Å². The number of hydrogen-bond donors (Lipinski definition) is 2. The van der Waals surface area contributed by atoms with Gasteiger partial charge in [-0.1, -0.05) is 42.5 Å². The summed E-state index contributed by atoms with van der Waals surface area (Å²) in [7, 11) is 0. The number of benzene rings is 3. The molecule has 0 aliphatic carbocycles. The summed E-state index contributed by atoms with van der Waals surface area (Å²) in [4.78, 5) is 20.4. The number of rotatable bonds is 5. The number of amides is 1. The zero-order chi connectivity index (χ0) is 18.6. The van der Waals surface area contributed by atoms with Crippen LogP contribution in [-0.2, 0) is 12.8 Å². The second-order valence-corrected chi connectivity index (χ2v) is 6.67. The van der Waals surface area contributed by atoms with E-state index < -0.39 is 0 Å². The van der Waals surface area contributed by atoms with Crippen LogP contribution in [0.1, 0.15) is 27.3 Å². The third kappa shape index (κ3) is 3.90. The number of aryl methyl sites for hydroxylation is 3. The molecular weight excluding hydrogens is 334 g/mol. The van der Waals surface area contributed by atoms with Crippen LogP contribution >= 0.6 is 0 Å². The maximum Gasteiger partial charge on any atom is 0.255 e. The topological polar surface area (TPSA) is 57.8 Å². The Bertz CT molecular complexity index is 1050. The van der Waals surface area contributed by atoms with Crippen molar-refractivity contribution in [1.29, 1.82) is 0 Å². The standard InChI is InChI=1S/C23H21N3O/c1-16-6-2-3-7-19(16)23(27)24-18-13-10-17(11-14-18)12-15-22-25-20-8-4-5-9-21(20)26-22/h2-11,13-14H,12,15H2,1H3,(H,24,27)(H,25,26). The van der Waals surface area contributed by atoms with Gasteiger partial charge in [0.25, 0.3) is 5.91 Å². The molecule has 4 heteroatoms. The van der Waals surface area contributed by atoms with E-state index in [0.717, 1.165) is 41.0 Å². The molecule has 0 fully saturated rings. The molecule has 0 aliphatic rings. The Labute approximate surface area is 158 Å². The van der Waals surface area contributed by atoms with Gasteiger partial charge in [-0.2, -0.15) is 0 Å². The Balaban J connectivity index is 1.38. The van der Waals surface area contributed by atoms with Crippen LogP contribution in [0.3, 0.4) is 0 Å². The Kier molecular flexibility index (Phi) is 4.71. The molecule has 4 aromatic rings. The Morgan fingerprint density at radius 3 is 2.44 bits per heavy atom. The van der Waals surface area contributed by atoms with Crippen molar-refractivity contribution in [3.05, 3.63) is 95.3 Å². The number of para-hydroxylation sites is 2. The average Bonchev–Trinajstić information content (AvgIpc) is 3.11. The fourth-order valence-corrected chi connectivity index (χ4v) is 3.17. The number of fused-ring (bicyclic) bond motifs is 1. The number of H-pyrrole nitrogens is 1. The normalized spacial score (nSPS) is 10.9. The minimum absolute atomic E-state index is 0.0804. The zero-order valence-corrected chi connectivity index (χ0v) is 15.2. The molecule has 27 heavy (non-hydrogen) atoms. The maximum atomic E-state index is 12.4. The van der Waals surface area contributed by atoms with Gasteiger partial charge in [-0.25, -0.2) is 4.98 Å². The lowest BCUT2D eigenvalue weighted by atomic mass is 10.1. The summed E-state index contributed by atoms with van der Waals surface area (Å²) < 4.78 is 0. The van der Waals surface area contributed by atoms with Crippen LogP contribution in [-0.4, -0.2) is 15.9 Å². The summed E-state index contributed by atoms with van der Waals surface area (Å²) in [5.41, 5.74) is 5.76. The van der Waals surface area contributed by atoms with Crippen LogP contribution in [0.25, 0.3) is 11.0 Å². The van der Waals surface area contributed by atoms with Gasteiger partial charge < -0.3 is 10.3 Å². The Morgan fingerprint density at radius 2 is 1.67 bits per heavy atom. The number of nitrogens with zero attached hydrogens (tertiary/aromatic N) is 1. The van der Waals surface area contributed by atoms with Crippen molar-refractivity contribution in [2.24, 2.45) is 0 Å². The number of imidazole rings is 1. The molecule has 0 spiro atoms. The molecule has 1 amide bonds. The molecule has 0 saturated carbocycles. The number of aromatic amines is 1. The van der Waals surface area contributed by atoms with E-state index in [2.05, 4.69) is 27.4 Å². The highest BCUT2D eigenvalue weighted by atomic mass is 16.1. The molecule has 0 unspecified atom stereocenters. The fourth-order valence-electron chi connectivity index (χ4n) is 3.17. The highest BCUT2D eigenvalue weighted by molar-refractivity contribution is 6.05. The number of nitrogens with one attached hydrogen (secondary N) is 2. The summed E-state index contributed by atoms with van der Waals surface area (Å²) in [6, 6.07) is 23.7. The summed E-state index contributed by atoms with van der Waals surface area (Å²) >= 11 is 0. The van der Waals surface area contributed by atoms with Crippen LogP contribution in [0.15, 0.2) is 72.8 Å². The van der Waals surface area contributed by atoms with Gasteiger partial charge in [0.1, 0.15) is 5.82 Å². The average molecular weight is 355 g/mol. The predicted octanol–water partition coefficient (Wildman–Crippen LogP) is 4.91. The molecule has 134 valence electrons. The van der Waals surface area contributed by atoms with E-state index >= 15 is 0 Å². The van der Waals surface area contributed by atoms with Gasteiger partial charge in [0, 0.05) is 17.7 Å². The van der Waals surface area contributed by atoms with Gasteiger partial charge in [-0.15, -0.1) is 0 Å². The van der Waals surface area contributed by atoms with E-state index in [1.165, 1.54) is 5.56 Å². The molecule has 0 saturated heterocycles. The molecule has 2 N–H and O–H groups in total. The van der Waals surface area contributed by atoms with Crippen LogP contribution in [0.2, 0.25) is 0 Å². The lowest BCUT2D eigenvalue weighted by Gasteiger charge is -2.08. The SMILES string of the molecule is Cc1ccccc1C(=O)Nc1ccc(CCc2nc3ccccc3[nH]2)cc1. The fraction of sp³-hybridized carbons (Fsp3) is 0.130. The number of carbonyl (C=O) groups is 1. The molecule has 0 bridgehead atoms. The highest BCUT2D eigenvalue weighted by Gasteiger charge is 2.08. The molecule has 4 nitrogen and oxygen atoms in total. The van der Waals surface area contributed by atoms with E-state index in [1.54, 1.807) is 0 Å². The molecule has 0 atom stereocenters. The van der Waals surface area contributed by atoms with Gasteiger partial charge in [-0.05, 0) is 54.8 Å². The predicted molar refractivity (Wildman–Crippen MR) is 109 cm³/mol. The summed E-state index contributed by atoms with van der Waals surface area (Å²) in [6.45, 7) is 1.94. The van der Waals surface area contributed by atoms with Crippen molar-refractivity contribution in [3.8, 4) is 0 Å². The Hall–Kier alpha value is -3.40. The zero-order valence-electron chi connectivity index (χ0n) is 15.2. The van der Waals surface area contributed by atoms with Crippen LogP contribution in [0.5, 0.6) is 0 Å². The monoisotopic (exact) mass is 355 g/mol. The first-order chi connectivity index (χ1) is 13.2. The van der Waals surface area contributed by atoms with Crippen molar-refractivity contribution < 1.29 is 4.79 Å². The van der Waals surface area contributed by atoms with Crippen LogP contribution in [0.4, 0.5) is 5.69 Å². The van der Waals surface area contributed by atoms with Crippen molar-refractivity contribution in [2.75, 3.05) is 5.32 Å². The van der Waals surface area contributed by atoms with Crippen LogP contribution in [0, 0.1) is 6.92 Å². The lowest BCUT2D eigenvalue weighted by Crippen LogP contribution is -2.13. The van der Waals surface area contributed by atoms with Gasteiger partial charge in [0.05, 0.1) is 11.0 Å². The number of anilines is 1. The van der Waals surface area contributed by atoms with Gasteiger partial charge in [-0.3, -0.25) is 4.79 Å². The largest absolute Gasteiger partial charge is 0.342 e. The Morgan fingerprint density at radius 1 is 0.926 bits per heavy atom. The van der Waals surface area contributed by atoms with Crippen LogP contribution < -0.4 is 5.32 Å². The number of carbonyl (C=O) groups excluding carboxylic acids is 1. The van der Waals surface area contributed by atoms with Gasteiger partial charge in [0.15, 0.2) is 0 Å². The summed E-state index contributed by atoms with van der Waals surface area (Å²) in [5, 5.41) is 2.96. The van der Waals surface area contributed by atoms with E-state index in [0.29, 0.717) is 5.56 Å².